The van der Waals surface area contributed by atoms with Gasteiger partial charge in [0.25, 0.3) is 0 Å². The lowest BCUT2D eigenvalue weighted by Gasteiger charge is -2.06. The molecule has 1 aliphatic heterocycles. The van der Waals surface area contributed by atoms with Crippen molar-refractivity contribution in [3.05, 3.63) is 11.5 Å². The van der Waals surface area contributed by atoms with Crippen molar-refractivity contribution in [2.45, 2.75) is 32.8 Å². The van der Waals surface area contributed by atoms with Crippen LogP contribution in [0.5, 0.6) is 0 Å². The van der Waals surface area contributed by atoms with Crippen LogP contribution in [0.15, 0.2) is 11.5 Å². The van der Waals surface area contributed by atoms with Gasteiger partial charge in [-0.15, -0.1) is 0 Å². The van der Waals surface area contributed by atoms with Crippen LogP contribution < -0.4 is 0 Å². The van der Waals surface area contributed by atoms with Crippen molar-refractivity contribution < 1.29 is 14.6 Å². The summed E-state index contributed by atoms with van der Waals surface area (Å²) in [5.74, 6) is -0.124. The maximum Gasteiger partial charge on any atom is 0.240 e. The molecule has 0 saturated carbocycles. The van der Waals surface area contributed by atoms with E-state index in [2.05, 4.69) is 0 Å². The van der Waals surface area contributed by atoms with E-state index in [1.165, 1.54) is 0 Å². The molecule has 0 bridgehead atoms. The van der Waals surface area contributed by atoms with Crippen molar-refractivity contribution in [1.29, 1.82) is 0 Å². The van der Waals surface area contributed by atoms with Gasteiger partial charge in [-0.3, -0.25) is 4.79 Å². The number of allylic oxidation sites excluding steroid dienone is 1. The second-order valence-corrected chi connectivity index (χ2v) is 2.66. The van der Waals surface area contributed by atoms with E-state index in [-0.39, 0.29) is 11.5 Å². The van der Waals surface area contributed by atoms with Crippen LogP contribution >= 0.6 is 0 Å². The predicted octanol–water partition coefficient (Wildman–Crippen LogP) is 1.54. The molecule has 1 rings (SSSR count). The molecule has 1 heterocycles. The fourth-order valence-electron chi connectivity index (χ4n) is 1.10. The van der Waals surface area contributed by atoms with Crippen LogP contribution in [0.1, 0.15) is 26.7 Å². The van der Waals surface area contributed by atoms with Crippen molar-refractivity contribution in [2.75, 3.05) is 0 Å². The third-order valence-corrected chi connectivity index (χ3v) is 1.73. The van der Waals surface area contributed by atoms with Crippen molar-refractivity contribution >= 4 is 5.78 Å². The fourth-order valence-corrected chi connectivity index (χ4v) is 1.10. The molecule has 1 aliphatic rings. The molecule has 0 fully saturated rings. The van der Waals surface area contributed by atoms with Gasteiger partial charge in [0.15, 0.2) is 6.10 Å². The molecule has 11 heavy (non-hydrogen) atoms. The fraction of sp³-hybridized carbons (Fsp3) is 0.625. The largest absolute Gasteiger partial charge is 0.502 e. The monoisotopic (exact) mass is 156 g/mol. The predicted molar refractivity (Wildman–Crippen MR) is 40.1 cm³/mol. The lowest BCUT2D eigenvalue weighted by Crippen LogP contribution is -2.17. The lowest BCUT2D eigenvalue weighted by molar-refractivity contribution is -0.123. The molecule has 0 aromatic heterocycles. The molecule has 0 aromatic carbocycles. The van der Waals surface area contributed by atoms with Gasteiger partial charge in [0.2, 0.25) is 11.5 Å². The number of aliphatic hydroxyl groups is 1. The minimum Gasteiger partial charge on any atom is -0.502 e. The average molecular weight is 156 g/mol. The molecule has 0 aliphatic carbocycles. The Morgan fingerprint density at radius 2 is 2.27 bits per heavy atom. The molecule has 0 saturated heterocycles. The quantitative estimate of drug-likeness (QED) is 0.659. The standard InChI is InChI=1S/C8H12O3/c1-3-4-6-8(10)7(9)5(2)11-6/h6,9H,3-4H2,1-2H3/t6-/m0/s1. The molecule has 0 unspecified atom stereocenters. The number of carbonyl (C=O) groups is 1. The summed E-state index contributed by atoms with van der Waals surface area (Å²) < 4.78 is 5.11. The number of rotatable bonds is 2. The first-order valence-corrected chi connectivity index (χ1v) is 3.77. The zero-order valence-corrected chi connectivity index (χ0v) is 6.76. The highest BCUT2D eigenvalue weighted by Crippen LogP contribution is 2.21. The van der Waals surface area contributed by atoms with Gasteiger partial charge >= 0.3 is 0 Å². The van der Waals surface area contributed by atoms with Crippen LogP contribution in [0.25, 0.3) is 0 Å². The Labute approximate surface area is 65.7 Å². The molecule has 62 valence electrons. The molecular weight excluding hydrogens is 144 g/mol. The molecule has 3 nitrogen and oxygen atoms in total. The average Bonchev–Trinajstić information content (AvgIpc) is 2.19. The number of carbonyl (C=O) groups excluding carboxylic acids is 1. The first-order chi connectivity index (χ1) is 5.16. The number of ether oxygens (including phenoxy) is 1. The molecule has 3 heteroatoms. The van der Waals surface area contributed by atoms with E-state index in [1.54, 1.807) is 6.92 Å². The van der Waals surface area contributed by atoms with E-state index in [1.807, 2.05) is 6.92 Å². The van der Waals surface area contributed by atoms with E-state index < -0.39 is 6.10 Å². The van der Waals surface area contributed by atoms with Gasteiger partial charge in [-0.1, -0.05) is 13.3 Å². The highest BCUT2D eigenvalue weighted by Gasteiger charge is 2.31. The third kappa shape index (κ3) is 1.37. The maximum atomic E-state index is 11.1. The Kier molecular flexibility index (Phi) is 2.17. The second-order valence-electron chi connectivity index (χ2n) is 2.66. The number of aliphatic hydroxyl groups excluding tert-OH is 1. The van der Waals surface area contributed by atoms with Crippen LogP contribution in [-0.2, 0) is 9.53 Å². The van der Waals surface area contributed by atoms with Gasteiger partial charge < -0.3 is 9.84 Å². The van der Waals surface area contributed by atoms with Gasteiger partial charge in [-0.25, -0.2) is 0 Å². The van der Waals surface area contributed by atoms with Gasteiger partial charge in [0.1, 0.15) is 5.76 Å². The van der Waals surface area contributed by atoms with E-state index in [4.69, 9.17) is 9.84 Å². The summed E-state index contributed by atoms with van der Waals surface area (Å²) in [6, 6.07) is 0. The first-order valence-electron chi connectivity index (χ1n) is 3.77. The van der Waals surface area contributed by atoms with Crippen molar-refractivity contribution in [3.63, 3.8) is 0 Å². The zero-order valence-electron chi connectivity index (χ0n) is 6.76. The molecule has 1 atom stereocenters. The summed E-state index contributed by atoms with van der Waals surface area (Å²) in [6.45, 7) is 3.57. The lowest BCUT2D eigenvalue weighted by atomic mass is 10.1. The molecule has 0 spiro atoms. The smallest absolute Gasteiger partial charge is 0.240 e. The highest BCUT2D eigenvalue weighted by molar-refractivity contribution is 5.98. The molecule has 0 amide bonds. The number of ketones is 1. The summed E-state index contributed by atoms with van der Waals surface area (Å²) in [6.07, 6.45) is 1.14. The zero-order chi connectivity index (χ0) is 8.43. The molecule has 0 radical (unpaired) electrons. The second kappa shape index (κ2) is 2.95. The Hall–Kier alpha value is -0.990. The molecular formula is C8H12O3. The summed E-state index contributed by atoms with van der Waals surface area (Å²) in [5, 5.41) is 9.07. The Morgan fingerprint density at radius 1 is 1.64 bits per heavy atom. The summed E-state index contributed by atoms with van der Waals surface area (Å²) >= 11 is 0. The first kappa shape index (κ1) is 8.11. The van der Waals surface area contributed by atoms with Crippen LogP contribution in [0.3, 0.4) is 0 Å². The number of hydrogen-bond acceptors (Lipinski definition) is 3. The Bertz CT molecular complexity index is 205. The highest BCUT2D eigenvalue weighted by atomic mass is 16.5. The molecule has 1 N–H and O–H groups in total. The van der Waals surface area contributed by atoms with Gasteiger partial charge in [-0.2, -0.15) is 0 Å². The SMILES string of the molecule is CCC[C@@H]1OC(C)=C(O)C1=O. The third-order valence-electron chi connectivity index (χ3n) is 1.73. The van der Waals surface area contributed by atoms with E-state index in [9.17, 15) is 4.79 Å². The number of Topliss-reactive ketones (excluding diaryl/α,β-unsaturated/α-hetero) is 1. The van der Waals surface area contributed by atoms with Crippen molar-refractivity contribution in [3.8, 4) is 0 Å². The molecule has 0 aromatic rings. The van der Waals surface area contributed by atoms with Crippen LogP contribution in [-0.4, -0.2) is 17.0 Å². The van der Waals surface area contributed by atoms with Gasteiger partial charge in [-0.05, 0) is 13.3 Å². The minimum atomic E-state index is -0.431. The summed E-state index contributed by atoms with van der Waals surface area (Å²) in [5.41, 5.74) is 0. The Morgan fingerprint density at radius 3 is 2.64 bits per heavy atom. The van der Waals surface area contributed by atoms with E-state index in [0.717, 1.165) is 6.42 Å². The minimum absolute atomic E-state index is 0.205. The van der Waals surface area contributed by atoms with Gasteiger partial charge in [0, 0.05) is 0 Å². The summed E-state index contributed by atoms with van der Waals surface area (Å²) in [7, 11) is 0. The van der Waals surface area contributed by atoms with Gasteiger partial charge in [0.05, 0.1) is 0 Å². The Balaban J connectivity index is 2.63. The van der Waals surface area contributed by atoms with E-state index in [0.29, 0.717) is 12.2 Å². The van der Waals surface area contributed by atoms with Crippen LogP contribution in [0.2, 0.25) is 0 Å². The van der Waals surface area contributed by atoms with Crippen molar-refractivity contribution in [2.24, 2.45) is 0 Å². The van der Waals surface area contributed by atoms with Crippen LogP contribution in [0.4, 0.5) is 0 Å². The maximum absolute atomic E-state index is 11.1. The van der Waals surface area contributed by atoms with E-state index >= 15 is 0 Å². The number of hydrogen-bond donors (Lipinski definition) is 1. The topological polar surface area (TPSA) is 46.5 Å². The summed E-state index contributed by atoms with van der Waals surface area (Å²) in [4.78, 5) is 11.1. The van der Waals surface area contributed by atoms with Crippen LogP contribution in [0, 0.1) is 0 Å². The normalized spacial score (nSPS) is 24.2. The van der Waals surface area contributed by atoms with Crippen molar-refractivity contribution in [1.82, 2.24) is 0 Å².